The van der Waals surface area contributed by atoms with Crippen molar-refractivity contribution in [1.82, 2.24) is 25.0 Å². The van der Waals surface area contributed by atoms with Gasteiger partial charge in [-0.25, -0.2) is 4.79 Å². The summed E-state index contributed by atoms with van der Waals surface area (Å²) in [7, 11) is 0. The molecule has 2 N–H and O–H groups in total. The number of hydrogen-bond donors (Lipinski definition) is 2. The van der Waals surface area contributed by atoms with Gasteiger partial charge >= 0.3 is 5.69 Å². The summed E-state index contributed by atoms with van der Waals surface area (Å²) in [5.41, 5.74) is 1.83. The molecule has 2 aliphatic heterocycles. The van der Waals surface area contributed by atoms with Gasteiger partial charge in [-0.3, -0.25) is 4.90 Å². The molecule has 0 aliphatic carbocycles. The molecule has 0 unspecified atom stereocenters. The molecule has 2 aliphatic rings. The number of fused-ring (bicyclic) bond motifs is 2. The van der Waals surface area contributed by atoms with Crippen molar-refractivity contribution in [2.24, 2.45) is 0 Å². The highest BCUT2D eigenvalue weighted by Gasteiger charge is 2.35. The number of nitrogens with zero attached hydrogens (tertiary/aromatic N) is 3. The van der Waals surface area contributed by atoms with Gasteiger partial charge in [0.2, 0.25) is 5.82 Å². The first-order valence-electron chi connectivity index (χ1n) is 8.18. The van der Waals surface area contributed by atoms with Gasteiger partial charge in [-0.1, -0.05) is 11.2 Å². The van der Waals surface area contributed by atoms with Gasteiger partial charge in [-0.15, -0.1) is 0 Å². The smallest absolute Gasteiger partial charge is 0.323 e. The largest absolute Gasteiger partial charge is 0.367 e. The lowest BCUT2D eigenvalue weighted by molar-refractivity contribution is -0.0548. The fourth-order valence-electron chi connectivity index (χ4n) is 3.68. The first kappa shape index (κ1) is 13.9. The van der Waals surface area contributed by atoms with Crippen LogP contribution in [0.4, 0.5) is 0 Å². The first-order chi connectivity index (χ1) is 11.8. The highest BCUT2D eigenvalue weighted by Crippen LogP contribution is 2.31. The quantitative estimate of drug-likeness (QED) is 0.739. The molecule has 2 aromatic heterocycles. The molecule has 8 nitrogen and oxygen atoms in total. The number of para-hydroxylation sites is 1. The summed E-state index contributed by atoms with van der Waals surface area (Å²) in [5, 5.41) is 4.10. The molecule has 8 heteroatoms. The average molecular weight is 327 g/mol. The van der Waals surface area contributed by atoms with Crippen LogP contribution < -0.4 is 5.69 Å². The fraction of sp³-hybridized carbons (Fsp3) is 0.438. The van der Waals surface area contributed by atoms with Gasteiger partial charge in [-0.2, -0.15) is 4.98 Å². The van der Waals surface area contributed by atoms with Crippen LogP contribution in [-0.4, -0.2) is 50.7 Å². The molecule has 3 aromatic rings. The lowest BCUT2D eigenvalue weighted by Gasteiger charge is -2.33. The highest BCUT2D eigenvalue weighted by atomic mass is 16.5. The van der Waals surface area contributed by atoms with Gasteiger partial charge in [0.15, 0.2) is 0 Å². The number of imidazole rings is 1. The summed E-state index contributed by atoms with van der Waals surface area (Å²) in [6, 6.07) is 6.05. The fourth-order valence-corrected chi connectivity index (χ4v) is 3.68. The van der Waals surface area contributed by atoms with Crippen LogP contribution in [0.3, 0.4) is 0 Å². The summed E-state index contributed by atoms with van der Waals surface area (Å²) in [5.74, 6) is 0.947. The minimum atomic E-state index is -0.257. The van der Waals surface area contributed by atoms with E-state index >= 15 is 0 Å². The average Bonchev–Trinajstić information content (AvgIpc) is 3.31. The SMILES string of the molecule is O=c1[nH]c2cccc(-c3nc([C@H]4CN5CCC[C@H]5CO4)no3)c2[nH]1. The molecule has 2 saturated heterocycles. The molecular weight excluding hydrogens is 310 g/mol. The monoisotopic (exact) mass is 327 g/mol. The number of nitrogens with one attached hydrogen (secondary N) is 2. The Hall–Kier alpha value is -2.45. The molecule has 124 valence electrons. The molecule has 4 heterocycles. The van der Waals surface area contributed by atoms with E-state index in [1.54, 1.807) is 0 Å². The van der Waals surface area contributed by atoms with Crippen LogP contribution in [0, 0.1) is 0 Å². The van der Waals surface area contributed by atoms with E-state index in [0.29, 0.717) is 34.4 Å². The second-order valence-electron chi connectivity index (χ2n) is 6.38. The third-order valence-electron chi connectivity index (χ3n) is 4.90. The van der Waals surface area contributed by atoms with Crippen LogP contribution in [0.2, 0.25) is 0 Å². The number of hydrogen-bond acceptors (Lipinski definition) is 6. The Morgan fingerprint density at radius 1 is 1.29 bits per heavy atom. The van der Waals surface area contributed by atoms with E-state index in [1.165, 1.54) is 12.8 Å². The van der Waals surface area contributed by atoms with E-state index in [-0.39, 0.29) is 11.8 Å². The Bertz CT molecular complexity index is 942. The van der Waals surface area contributed by atoms with Crippen LogP contribution in [-0.2, 0) is 4.74 Å². The van der Waals surface area contributed by atoms with Gasteiger partial charge in [-0.05, 0) is 31.5 Å². The summed E-state index contributed by atoms with van der Waals surface area (Å²) in [6.07, 6.45) is 2.26. The van der Waals surface area contributed by atoms with Crippen molar-refractivity contribution < 1.29 is 9.26 Å². The van der Waals surface area contributed by atoms with Crippen molar-refractivity contribution in [1.29, 1.82) is 0 Å². The third-order valence-corrected chi connectivity index (χ3v) is 4.90. The number of H-pyrrole nitrogens is 2. The predicted molar refractivity (Wildman–Crippen MR) is 85.5 cm³/mol. The van der Waals surface area contributed by atoms with Crippen LogP contribution in [0.15, 0.2) is 27.5 Å². The number of aromatic amines is 2. The predicted octanol–water partition coefficient (Wildman–Crippen LogP) is 1.44. The van der Waals surface area contributed by atoms with Crippen LogP contribution >= 0.6 is 0 Å². The molecule has 0 amide bonds. The van der Waals surface area contributed by atoms with Crippen molar-refractivity contribution in [2.45, 2.75) is 25.0 Å². The van der Waals surface area contributed by atoms with Gasteiger partial charge in [0.1, 0.15) is 6.10 Å². The maximum atomic E-state index is 11.5. The van der Waals surface area contributed by atoms with Crippen LogP contribution in [0.5, 0.6) is 0 Å². The minimum Gasteiger partial charge on any atom is -0.367 e. The zero-order valence-electron chi connectivity index (χ0n) is 13.0. The molecule has 1 aromatic carbocycles. The number of benzene rings is 1. The van der Waals surface area contributed by atoms with Crippen molar-refractivity contribution >= 4 is 11.0 Å². The number of morpholine rings is 1. The van der Waals surface area contributed by atoms with Gasteiger partial charge in [0.25, 0.3) is 5.89 Å². The van der Waals surface area contributed by atoms with Gasteiger partial charge in [0.05, 0.1) is 23.2 Å². The Kier molecular flexibility index (Phi) is 3.07. The lowest BCUT2D eigenvalue weighted by atomic mass is 10.1. The molecule has 24 heavy (non-hydrogen) atoms. The lowest BCUT2D eigenvalue weighted by Crippen LogP contribution is -2.42. The zero-order valence-corrected chi connectivity index (χ0v) is 13.0. The van der Waals surface area contributed by atoms with Crippen molar-refractivity contribution in [3.05, 3.63) is 34.5 Å². The molecule has 0 spiro atoms. The second-order valence-corrected chi connectivity index (χ2v) is 6.38. The number of ether oxygens (including phenoxy) is 1. The minimum absolute atomic E-state index is 0.165. The molecule has 2 atom stereocenters. The number of aromatic nitrogens is 4. The normalized spacial score (nSPS) is 24.5. The maximum absolute atomic E-state index is 11.5. The number of rotatable bonds is 2. The van der Waals surface area contributed by atoms with Crippen molar-refractivity contribution in [3.8, 4) is 11.5 Å². The Morgan fingerprint density at radius 3 is 3.21 bits per heavy atom. The Balaban J connectivity index is 1.47. The topological polar surface area (TPSA) is 100 Å². The van der Waals surface area contributed by atoms with E-state index in [4.69, 9.17) is 9.26 Å². The first-order valence-corrected chi connectivity index (χ1v) is 8.18. The van der Waals surface area contributed by atoms with Gasteiger partial charge < -0.3 is 19.2 Å². The van der Waals surface area contributed by atoms with Crippen molar-refractivity contribution in [2.75, 3.05) is 19.7 Å². The van der Waals surface area contributed by atoms with Crippen LogP contribution in [0.25, 0.3) is 22.5 Å². The zero-order chi connectivity index (χ0) is 16.1. The molecular formula is C16H17N5O3. The Morgan fingerprint density at radius 2 is 2.25 bits per heavy atom. The summed E-state index contributed by atoms with van der Waals surface area (Å²) >= 11 is 0. The second kappa shape index (κ2) is 5.29. The molecule has 5 rings (SSSR count). The molecule has 0 saturated carbocycles. The molecule has 2 fully saturated rings. The van der Waals surface area contributed by atoms with E-state index in [0.717, 1.165) is 19.7 Å². The van der Waals surface area contributed by atoms with E-state index < -0.39 is 0 Å². The molecule has 0 bridgehead atoms. The van der Waals surface area contributed by atoms with E-state index in [2.05, 4.69) is 25.0 Å². The summed E-state index contributed by atoms with van der Waals surface area (Å²) < 4.78 is 11.4. The highest BCUT2D eigenvalue weighted by molar-refractivity contribution is 5.89. The van der Waals surface area contributed by atoms with Crippen LogP contribution in [0.1, 0.15) is 24.8 Å². The van der Waals surface area contributed by atoms with E-state index in [1.807, 2.05) is 18.2 Å². The third kappa shape index (κ3) is 2.18. The standard InChI is InChI=1S/C16H17N5O3/c22-16-17-11-5-1-4-10(13(11)18-16)15-19-14(20-24-15)12-7-21-6-2-3-9(21)8-23-12/h1,4-5,9,12H,2-3,6-8H2,(H2,17,18,22)/t9-,12+/m0/s1. The Labute approximate surface area is 136 Å². The summed E-state index contributed by atoms with van der Waals surface area (Å²) in [4.78, 5) is 24.0. The van der Waals surface area contributed by atoms with Crippen molar-refractivity contribution in [3.63, 3.8) is 0 Å². The van der Waals surface area contributed by atoms with E-state index in [9.17, 15) is 4.79 Å². The molecule has 0 radical (unpaired) electrons. The van der Waals surface area contributed by atoms with Gasteiger partial charge in [0, 0.05) is 12.6 Å². The maximum Gasteiger partial charge on any atom is 0.323 e. The summed E-state index contributed by atoms with van der Waals surface area (Å²) in [6.45, 7) is 2.63.